The zero-order valence-corrected chi connectivity index (χ0v) is 16.7. The van der Waals surface area contributed by atoms with E-state index < -0.39 is 0 Å². The molecule has 0 saturated carbocycles. The van der Waals surface area contributed by atoms with Crippen molar-refractivity contribution in [3.05, 3.63) is 48.0 Å². The van der Waals surface area contributed by atoms with Crippen molar-refractivity contribution in [2.45, 2.75) is 25.8 Å². The number of para-hydroxylation sites is 2. The molecule has 1 saturated heterocycles. The summed E-state index contributed by atoms with van der Waals surface area (Å²) in [4.78, 5) is 15.6. The van der Waals surface area contributed by atoms with Crippen LogP contribution in [0.4, 0.5) is 23.1 Å². The van der Waals surface area contributed by atoms with E-state index in [1.807, 2.05) is 42.5 Å². The molecule has 2 aliphatic heterocycles. The zero-order chi connectivity index (χ0) is 20.8. The number of aromatic nitrogens is 2. The maximum absolute atomic E-state index is 6.37. The summed E-state index contributed by atoms with van der Waals surface area (Å²) in [6.45, 7) is 3.15. The summed E-state index contributed by atoms with van der Waals surface area (Å²) in [7, 11) is 0. The van der Waals surface area contributed by atoms with Crippen LogP contribution in [0.5, 0.6) is 11.5 Å². The Kier molecular flexibility index (Phi) is 4.20. The van der Waals surface area contributed by atoms with Gasteiger partial charge in [0, 0.05) is 29.9 Å². The number of nitrogens with two attached hydrogens (primary N) is 3. The van der Waals surface area contributed by atoms with Crippen molar-refractivity contribution in [1.29, 1.82) is 0 Å². The molecule has 1 atom stereocenters. The Morgan fingerprint density at radius 3 is 2.67 bits per heavy atom. The van der Waals surface area contributed by atoms with Gasteiger partial charge in [-0.15, -0.1) is 0 Å². The molecule has 152 valence electrons. The minimum absolute atomic E-state index is 0.224. The molecule has 3 aromatic rings. The van der Waals surface area contributed by atoms with Gasteiger partial charge in [-0.1, -0.05) is 12.1 Å². The molecule has 30 heavy (non-hydrogen) atoms. The molecule has 0 spiro atoms. The average molecular weight is 401 g/mol. The second-order valence-electron chi connectivity index (χ2n) is 7.66. The minimum atomic E-state index is 0.224. The third kappa shape index (κ3) is 3.06. The maximum atomic E-state index is 6.37. The summed E-state index contributed by atoms with van der Waals surface area (Å²) in [6.07, 6.45) is 2.27. The molecule has 0 aliphatic carbocycles. The molecule has 1 unspecified atom stereocenters. The van der Waals surface area contributed by atoms with Gasteiger partial charge in [0.15, 0.2) is 5.75 Å². The van der Waals surface area contributed by atoms with Crippen molar-refractivity contribution >= 4 is 29.0 Å². The van der Waals surface area contributed by atoms with Gasteiger partial charge in [0.2, 0.25) is 5.95 Å². The lowest BCUT2D eigenvalue weighted by Gasteiger charge is -2.23. The highest BCUT2D eigenvalue weighted by molar-refractivity contribution is 6.07. The molecular weight excluding hydrogens is 378 g/mol. The average Bonchev–Trinajstić information content (AvgIpc) is 3.08. The van der Waals surface area contributed by atoms with Crippen LogP contribution in [0.15, 0.2) is 47.5 Å². The van der Waals surface area contributed by atoms with Crippen molar-refractivity contribution in [3.8, 4) is 22.8 Å². The van der Waals surface area contributed by atoms with E-state index in [1.165, 1.54) is 0 Å². The summed E-state index contributed by atoms with van der Waals surface area (Å²) < 4.78 is 6.13. The van der Waals surface area contributed by atoms with Gasteiger partial charge in [-0.25, -0.2) is 9.98 Å². The highest BCUT2D eigenvalue weighted by Crippen LogP contribution is 2.41. The molecule has 6 N–H and O–H groups in total. The molecule has 0 amide bonds. The molecule has 1 aromatic heterocycles. The number of hydrogen-bond acceptors (Lipinski definition) is 8. The quantitative estimate of drug-likeness (QED) is 0.561. The second-order valence-corrected chi connectivity index (χ2v) is 7.66. The van der Waals surface area contributed by atoms with Crippen LogP contribution in [0.1, 0.15) is 25.3 Å². The molecule has 8 heteroatoms. The smallest absolute Gasteiger partial charge is 0.222 e. The van der Waals surface area contributed by atoms with Crippen LogP contribution in [0, 0.1) is 0 Å². The van der Waals surface area contributed by atoms with Crippen molar-refractivity contribution in [2.75, 3.05) is 22.9 Å². The molecule has 2 aromatic carbocycles. The number of fused-ring (bicyclic) bond motifs is 2. The number of ether oxygens (including phenoxy) is 1. The SMILES string of the molecule is CC1CCCN1c1cc(-c2cc(N)c3c(c2)Oc2ccccc2N=C3N)nc(N)n1. The Bertz CT molecular complexity index is 1170. The first-order valence-electron chi connectivity index (χ1n) is 9.96. The van der Waals surface area contributed by atoms with Crippen molar-refractivity contribution < 1.29 is 4.74 Å². The Morgan fingerprint density at radius 1 is 1.03 bits per heavy atom. The third-order valence-electron chi connectivity index (χ3n) is 5.59. The van der Waals surface area contributed by atoms with Crippen molar-refractivity contribution in [2.24, 2.45) is 10.7 Å². The van der Waals surface area contributed by atoms with Gasteiger partial charge in [0.1, 0.15) is 23.1 Å². The fourth-order valence-electron chi connectivity index (χ4n) is 4.10. The molecule has 8 nitrogen and oxygen atoms in total. The summed E-state index contributed by atoms with van der Waals surface area (Å²) in [5, 5.41) is 0. The lowest BCUT2D eigenvalue weighted by Crippen LogP contribution is -2.27. The van der Waals surface area contributed by atoms with Gasteiger partial charge in [-0.2, -0.15) is 4.98 Å². The number of rotatable bonds is 2. The summed E-state index contributed by atoms with van der Waals surface area (Å²) in [5.74, 6) is 2.51. The van der Waals surface area contributed by atoms with Crippen LogP contribution in [0.2, 0.25) is 0 Å². The van der Waals surface area contributed by atoms with Gasteiger partial charge >= 0.3 is 0 Å². The van der Waals surface area contributed by atoms with Crippen LogP contribution in [-0.4, -0.2) is 28.4 Å². The van der Waals surface area contributed by atoms with E-state index >= 15 is 0 Å². The van der Waals surface area contributed by atoms with Crippen molar-refractivity contribution in [1.82, 2.24) is 9.97 Å². The predicted octanol–water partition coefficient (Wildman–Crippen LogP) is 3.44. The van der Waals surface area contributed by atoms with Gasteiger partial charge in [-0.05, 0) is 44.0 Å². The highest BCUT2D eigenvalue weighted by Gasteiger charge is 2.24. The summed E-state index contributed by atoms with van der Waals surface area (Å²) in [6, 6.07) is 13.5. The molecular formula is C22H23N7O. The fraction of sp³-hybridized carbons (Fsp3) is 0.227. The first-order chi connectivity index (χ1) is 14.5. The first-order valence-corrected chi connectivity index (χ1v) is 9.96. The standard InChI is InChI=1S/C22H23N7O/c1-12-5-4-8-29(12)19-11-16(27-22(25)28-19)13-9-14(23)20-18(10-13)30-17-7-3-2-6-15(17)26-21(20)24/h2-3,6-7,9-12H,4-5,8,23H2,1H3,(H2,24,26)(H2,25,27,28). The number of nitrogens with zero attached hydrogens (tertiary/aromatic N) is 4. The van der Waals surface area contributed by atoms with E-state index in [1.54, 1.807) is 0 Å². The second kappa shape index (κ2) is 6.91. The van der Waals surface area contributed by atoms with Gasteiger partial charge in [0.05, 0.1) is 11.3 Å². The lowest BCUT2D eigenvalue weighted by atomic mass is 10.0. The van der Waals surface area contributed by atoms with E-state index in [0.717, 1.165) is 30.8 Å². The predicted molar refractivity (Wildman–Crippen MR) is 119 cm³/mol. The summed E-state index contributed by atoms with van der Waals surface area (Å²) >= 11 is 0. The topological polar surface area (TPSA) is 129 Å². The van der Waals surface area contributed by atoms with Gasteiger partial charge in [0.25, 0.3) is 0 Å². The number of anilines is 3. The van der Waals surface area contributed by atoms with Gasteiger partial charge < -0.3 is 26.8 Å². The zero-order valence-electron chi connectivity index (χ0n) is 16.7. The van der Waals surface area contributed by atoms with Crippen LogP contribution >= 0.6 is 0 Å². The number of benzene rings is 2. The Balaban J connectivity index is 1.62. The fourth-order valence-corrected chi connectivity index (χ4v) is 4.10. The van der Waals surface area contributed by atoms with Crippen molar-refractivity contribution in [3.63, 3.8) is 0 Å². The number of amidine groups is 1. The molecule has 3 heterocycles. The number of hydrogen-bond donors (Lipinski definition) is 3. The molecule has 0 bridgehead atoms. The lowest BCUT2D eigenvalue weighted by molar-refractivity contribution is 0.485. The maximum Gasteiger partial charge on any atom is 0.222 e. The Hall–Kier alpha value is -3.81. The molecule has 2 aliphatic rings. The normalized spacial score (nSPS) is 17.6. The summed E-state index contributed by atoms with van der Waals surface area (Å²) in [5.41, 5.74) is 21.8. The monoisotopic (exact) mass is 401 g/mol. The largest absolute Gasteiger partial charge is 0.454 e. The highest BCUT2D eigenvalue weighted by atomic mass is 16.5. The van der Waals surface area contributed by atoms with Crippen LogP contribution in [0.3, 0.4) is 0 Å². The third-order valence-corrected chi connectivity index (χ3v) is 5.59. The first kappa shape index (κ1) is 18.2. The van der Waals surface area contributed by atoms with E-state index in [9.17, 15) is 0 Å². The molecule has 0 radical (unpaired) electrons. The van der Waals surface area contributed by atoms with E-state index in [-0.39, 0.29) is 5.95 Å². The van der Waals surface area contributed by atoms with Crippen LogP contribution in [0.25, 0.3) is 11.3 Å². The molecule has 1 fully saturated rings. The van der Waals surface area contributed by atoms with Crippen LogP contribution < -0.4 is 26.8 Å². The van der Waals surface area contributed by atoms with Gasteiger partial charge in [-0.3, -0.25) is 0 Å². The minimum Gasteiger partial charge on any atom is -0.454 e. The van der Waals surface area contributed by atoms with E-state index in [0.29, 0.717) is 46.0 Å². The number of nitrogen functional groups attached to an aromatic ring is 2. The molecule has 5 rings (SSSR count). The van der Waals surface area contributed by atoms with E-state index in [2.05, 4.69) is 26.8 Å². The van der Waals surface area contributed by atoms with Crippen LogP contribution in [-0.2, 0) is 0 Å². The van der Waals surface area contributed by atoms with E-state index in [4.69, 9.17) is 21.9 Å². The Labute approximate surface area is 174 Å². The Morgan fingerprint density at radius 2 is 1.87 bits per heavy atom. The number of aliphatic imine (C=N–C) groups is 1.